The Morgan fingerprint density at radius 2 is 1.72 bits per heavy atom. The topological polar surface area (TPSA) is 64.1 Å². The van der Waals surface area contributed by atoms with Crippen LogP contribution in [-0.4, -0.2) is 63.3 Å². The molecule has 0 N–H and O–H groups in total. The number of benzene rings is 2. The normalized spacial score (nSPS) is 10.7. The van der Waals surface area contributed by atoms with Gasteiger partial charge in [-0.25, -0.2) is 4.98 Å². The summed E-state index contributed by atoms with van der Waals surface area (Å²) in [7, 11) is 5.60. The summed E-state index contributed by atoms with van der Waals surface area (Å²) in [6.07, 6.45) is 0. The van der Waals surface area contributed by atoms with Crippen molar-refractivity contribution in [3.63, 3.8) is 0 Å². The zero-order valence-electron chi connectivity index (χ0n) is 19.1. The van der Waals surface area contributed by atoms with Gasteiger partial charge in [-0.3, -0.25) is 9.69 Å². The number of anilines is 1. The number of fused-ring (bicyclic) bond motifs is 1. The maximum atomic E-state index is 13.5. The van der Waals surface area contributed by atoms with E-state index in [9.17, 15) is 4.79 Å². The summed E-state index contributed by atoms with van der Waals surface area (Å²) in [6.45, 7) is 6.06. The lowest BCUT2D eigenvalue weighted by molar-refractivity contribution is 0.0984. The fourth-order valence-corrected chi connectivity index (χ4v) is 4.08. The zero-order valence-corrected chi connectivity index (χ0v) is 20.7. The third-order valence-corrected chi connectivity index (χ3v) is 5.66. The van der Waals surface area contributed by atoms with Crippen molar-refractivity contribution in [3.8, 4) is 17.2 Å². The molecule has 174 valence electrons. The van der Waals surface area contributed by atoms with Gasteiger partial charge in [-0.15, -0.1) is 12.4 Å². The van der Waals surface area contributed by atoms with Crippen molar-refractivity contribution < 1.29 is 19.0 Å². The van der Waals surface area contributed by atoms with Crippen molar-refractivity contribution >= 4 is 45.0 Å². The number of halogens is 1. The Hall–Kier alpha value is -2.55. The number of nitrogens with zero attached hydrogens (tertiary/aromatic N) is 3. The Balaban J connectivity index is 0.00000363. The molecule has 0 saturated heterocycles. The van der Waals surface area contributed by atoms with E-state index in [0.717, 1.165) is 16.0 Å². The number of hydrogen-bond donors (Lipinski definition) is 0. The summed E-state index contributed by atoms with van der Waals surface area (Å²) < 4.78 is 17.6. The minimum absolute atomic E-state index is 0. The lowest BCUT2D eigenvalue weighted by Crippen LogP contribution is -2.36. The monoisotopic (exact) mass is 479 g/mol. The van der Waals surface area contributed by atoms with E-state index >= 15 is 0 Å². The van der Waals surface area contributed by atoms with E-state index in [1.165, 1.54) is 11.3 Å². The number of amides is 1. The highest BCUT2D eigenvalue weighted by Crippen LogP contribution is 2.33. The van der Waals surface area contributed by atoms with E-state index in [1.54, 1.807) is 30.2 Å². The SMILES string of the molecule is CCOc1ccc(C(=O)N(CCN(C)C)c2nc3ccc(OC)cc3s2)cc1OCC.Cl. The molecule has 7 nitrogen and oxygen atoms in total. The Morgan fingerprint density at radius 3 is 2.38 bits per heavy atom. The summed E-state index contributed by atoms with van der Waals surface area (Å²) in [5, 5.41) is 0.655. The van der Waals surface area contributed by atoms with Crippen LogP contribution in [0.2, 0.25) is 0 Å². The molecule has 3 rings (SSSR count). The van der Waals surface area contributed by atoms with Crippen LogP contribution < -0.4 is 19.1 Å². The molecule has 0 radical (unpaired) electrons. The van der Waals surface area contributed by atoms with Crippen LogP contribution in [-0.2, 0) is 0 Å². The Bertz CT molecular complexity index is 1040. The minimum atomic E-state index is -0.128. The maximum absolute atomic E-state index is 13.5. The highest BCUT2D eigenvalue weighted by molar-refractivity contribution is 7.22. The zero-order chi connectivity index (χ0) is 22.4. The van der Waals surface area contributed by atoms with Gasteiger partial charge in [0.2, 0.25) is 0 Å². The van der Waals surface area contributed by atoms with Crippen LogP contribution in [0.25, 0.3) is 10.2 Å². The fraction of sp³-hybridized carbons (Fsp3) is 0.391. The Morgan fingerprint density at radius 1 is 1.00 bits per heavy atom. The van der Waals surface area contributed by atoms with Gasteiger partial charge >= 0.3 is 0 Å². The number of thiazole rings is 1. The molecule has 32 heavy (non-hydrogen) atoms. The highest BCUT2D eigenvalue weighted by atomic mass is 35.5. The predicted molar refractivity (Wildman–Crippen MR) is 132 cm³/mol. The van der Waals surface area contributed by atoms with Crippen LogP contribution in [0.15, 0.2) is 36.4 Å². The number of likely N-dealkylation sites (N-methyl/N-ethyl adjacent to an activating group) is 1. The Labute approximate surface area is 199 Å². The van der Waals surface area contributed by atoms with Gasteiger partial charge in [0.15, 0.2) is 16.6 Å². The van der Waals surface area contributed by atoms with Gasteiger partial charge in [0.1, 0.15) is 5.75 Å². The first-order valence-electron chi connectivity index (χ1n) is 10.3. The second-order valence-corrected chi connectivity index (χ2v) is 8.13. The van der Waals surface area contributed by atoms with Crippen LogP contribution in [0.3, 0.4) is 0 Å². The number of hydrogen-bond acceptors (Lipinski definition) is 7. The number of ether oxygens (including phenoxy) is 3. The molecular weight excluding hydrogens is 450 g/mol. The third-order valence-electron chi connectivity index (χ3n) is 4.62. The summed E-state index contributed by atoms with van der Waals surface area (Å²) >= 11 is 1.47. The first-order valence-corrected chi connectivity index (χ1v) is 11.1. The van der Waals surface area contributed by atoms with Gasteiger partial charge in [-0.1, -0.05) is 11.3 Å². The molecule has 0 spiro atoms. The summed E-state index contributed by atoms with van der Waals surface area (Å²) in [4.78, 5) is 22.0. The average molecular weight is 480 g/mol. The van der Waals surface area contributed by atoms with E-state index in [2.05, 4.69) is 0 Å². The molecule has 1 amide bonds. The van der Waals surface area contributed by atoms with Crippen molar-refractivity contribution in [1.29, 1.82) is 0 Å². The first-order chi connectivity index (χ1) is 15.0. The van der Waals surface area contributed by atoms with Crippen molar-refractivity contribution in [2.45, 2.75) is 13.8 Å². The number of aromatic nitrogens is 1. The quantitative estimate of drug-likeness (QED) is 0.418. The van der Waals surface area contributed by atoms with E-state index in [1.807, 2.05) is 51.0 Å². The van der Waals surface area contributed by atoms with Crippen molar-refractivity contribution in [2.75, 3.05) is 52.4 Å². The molecule has 0 fully saturated rings. The molecule has 3 aromatic rings. The smallest absolute Gasteiger partial charge is 0.260 e. The first kappa shape index (κ1) is 25.7. The van der Waals surface area contributed by atoms with Crippen LogP contribution in [0, 0.1) is 0 Å². The predicted octanol–water partition coefficient (Wildman–Crippen LogP) is 4.73. The van der Waals surface area contributed by atoms with E-state index < -0.39 is 0 Å². The molecule has 0 saturated carbocycles. The number of methoxy groups -OCH3 is 1. The van der Waals surface area contributed by atoms with Crippen molar-refractivity contribution in [3.05, 3.63) is 42.0 Å². The fourth-order valence-electron chi connectivity index (χ4n) is 3.06. The standard InChI is InChI=1S/C23H29N3O4S.ClH/c1-6-29-19-11-8-16(14-20(19)30-7-2)22(27)26(13-12-25(3)4)23-24-18-10-9-17(28-5)15-21(18)31-23;/h8-11,14-15H,6-7,12-13H2,1-5H3;1H. The largest absolute Gasteiger partial charge is 0.497 e. The molecule has 1 aromatic heterocycles. The molecule has 0 bridgehead atoms. The van der Waals surface area contributed by atoms with Gasteiger partial charge in [-0.2, -0.15) is 0 Å². The van der Waals surface area contributed by atoms with Crippen LogP contribution in [0.1, 0.15) is 24.2 Å². The van der Waals surface area contributed by atoms with Gasteiger partial charge < -0.3 is 19.1 Å². The molecule has 9 heteroatoms. The average Bonchev–Trinajstić information content (AvgIpc) is 3.17. The van der Waals surface area contributed by atoms with E-state index in [-0.39, 0.29) is 18.3 Å². The van der Waals surface area contributed by atoms with Crippen LogP contribution in [0.5, 0.6) is 17.2 Å². The number of rotatable bonds is 10. The maximum Gasteiger partial charge on any atom is 0.260 e. The molecule has 1 heterocycles. The Kier molecular flexibility index (Phi) is 9.56. The van der Waals surface area contributed by atoms with Crippen LogP contribution >= 0.6 is 23.7 Å². The molecule has 0 unspecified atom stereocenters. The third kappa shape index (κ3) is 6.03. The molecule has 0 aliphatic carbocycles. The summed E-state index contributed by atoms with van der Waals surface area (Å²) in [5.41, 5.74) is 1.37. The summed E-state index contributed by atoms with van der Waals surface area (Å²) in [5.74, 6) is 1.84. The number of carbonyl (C=O) groups excluding carboxylic acids is 1. The van der Waals surface area contributed by atoms with Crippen LogP contribution in [0.4, 0.5) is 5.13 Å². The molecular formula is C23H30ClN3O4S. The highest BCUT2D eigenvalue weighted by Gasteiger charge is 2.23. The molecule has 2 aromatic carbocycles. The molecule has 0 aliphatic rings. The lowest BCUT2D eigenvalue weighted by Gasteiger charge is -2.22. The second-order valence-electron chi connectivity index (χ2n) is 7.12. The summed E-state index contributed by atoms with van der Waals surface area (Å²) in [6, 6.07) is 11.0. The van der Waals surface area contributed by atoms with Crippen molar-refractivity contribution in [1.82, 2.24) is 9.88 Å². The number of carbonyl (C=O) groups is 1. The van der Waals surface area contributed by atoms with Gasteiger partial charge in [-0.05, 0) is 64.3 Å². The van der Waals surface area contributed by atoms with Gasteiger partial charge in [0, 0.05) is 18.7 Å². The van der Waals surface area contributed by atoms with Gasteiger partial charge in [0.25, 0.3) is 5.91 Å². The van der Waals surface area contributed by atoms with E-state index in [4.69, 9.17) is 19.2 Å². The second kappa shape index (κ2) is 11.9. The minimum Gasteiger partial charge on any atom is -0.497 e. The van der Waals surface area contributed by atoms with E-state index in [0.29, 0.717) is 48.5 Å². The van der Waals surface area contributed by atoms with Crippen molar-refractivity contribution in [2.24, 2.45) is 0 Å². The molecule has 0 aliphatic heterocycles. The molecule has 0 atom stereocenters. The van der Waals surface area contributed by atoms with Gasteiger partial charge in [0.05, 0.1) is 30.5 Å². The lowest BCUT2D eigenvalue weighted by atomic mass is 10.1.